The summed E-state index contributed by atoms with van der Waals surface area (Å²) in [4.78, 5) is 17.0. The van der Waals surface area contributed by atoms with Crippen molar-refractivity contribution in [3.63, 3.8) is 0 Å². The lowest BCUT2D eigenvalue weighted by atomic mass is 9.83. The van der Waals surface area contributed by atoms with Crippen LogP contribution in [-0.2, 0) is 0 Å². The Hall–Kier alpha value is -2.74. The summed E-state index contributed by atoms with van der Waals surface area (Å²) < 4.78 is 3.29. The molecular formula is C16H18N6O2. The summed E-state index contributed by atoms with van der Waals surface area (Å²) in [5.74, 6) is -0.219. The number of hydrogen-bond acceptors (Lipinski definition) is 5. The number of fused-ring (bicyclic) bond motifs is 1. The highest BCUT2D eigenvalue weighted by atomic mass is 16.3. The maximum absolute atomic E-state index is 12.6. The van der Waals surface area contributed by atoms with Crippen LogP contribution in [-0.4, -0.2) is 47.5 Å². The van der Waals surface area contributed by atoms with Gasteiger partial charge in [-0.05, 0) is 25.8 Å². The Labute approximate surface area is 138 Å². The molecule has 0 radical (unpaired) electrons. The van der Waals surface area contributed by atoms with E-state index in [4.69, 9.17) is 0 Å². The molecule has 0 aromatic carbocycles. The molecule has 1 aliphatic carbocycles. The zero-order valence-corrected chi connectivity index (χ0v) is 13.4. The van der Waals surface area contributed by atoms with Crippen LogP contribution in [0, 0.1) is 13.8 Å². The molecule has 124 valence electrons. The number of aryl methyl sites for hydroxylation is 2. The molecule has 0 bridgehead atoms. The van der Waals surface area contributed by atoms with Gasteiger partial charge in [0.25, 0.3) is 5.91 Å². The zero-order chi connectivity index (χ0) is 16.8. The van der Waals surface area contributed by atoms with E-state index in [0.717, 1.165) is 5.56 Å². The molecule has 1 fully saturated rings. The molecule has 0 aliphatic heterocycles. The molecule has 0 spiro atoms. The number of amides is 1. The largest absolute Gasteiger partial charge is 0.391 e. The van der Waals surface area contributed by atoms with Gasteiger partial charge in [0.2, 0.25) is 0 Å². The third-order valence-electron chi connectivity index (χ3n) is 4.47. The van der Waals surface area contributed by atoms with Crippen LogP contribution >= 0.6 is 0 Å². The highest BCUT2D eigenvalue weighted by Crippen LogP contribution is 2.32. The topological polar surface area (TPSA) is 97.3 Å². The van der Waals surface area contributed by atoms with Crippen molar-refractivity contribution in [1.29, 1.82) is 0 Å². The van der Waals surface area contributed by atoms with E-state index in [1.54, 1.807) is 40.8 Å². The van der Waals surface area contributed by atoms with Crippen molar-refractivity contribution in [2.24, 2.45) is 0 Å². The molecule has 0 unspecified atom stereocenters. The molecule has 24 heavy (non-hydrogen) atoms. The molecule has 3 heterocycles. The Morgan fingerprint density at radius 1 is 1.33 bits per heavy atom. The molecule has 1 aliphatic rings. The summed E-state index contributed by atoms with van der Waals surface area (Å²) in [5, 5.41) is 21.4. The van der Waals surface area contributed by atoms with Crippen LogP contribution < -0.4 is 5.32 Å². The monoisotopic (exact) mass is 326 g/mol. The summed E-state index contributed by atoms with van der Waals surface area (Å²) >= 11 is 0. The number of hydrogen-bond donors (Lipinski definition) is 2. The number of carbonyl (C=O) groups is 1. The molecular weight excluding hydrogens is 308 g/mol. The fourth-order valence-corrected chi connectivity index (χ4v) is 3.12. The number of aromatic nitrogens is 5. The second-order valence-electron chi connectivity index (χ2n) is 6.25. The number of aliphatic hydroxyl groups is 1. The molecule has 3 aromatic heterocycles. The van der Waals surface area contributed by atoms with Crippen LogP contribution in [0.2, 0.25) is 0 Å². The van der Waals surface area contributed by atoms with Gasteiger partial charge in [-0.15, -0.1) is 0 Å². The molecule has 1 saturated carbocycles. The van der Waals surface area contributed by atoms with Crippen LogP contribution in [0.15, 0.2) is 30.9 Å². The van der Waals surface area contributed by atoms with Crippen LogP contribution in [0.5, 0.6) is 0 Å². The van der Waals surface area contributed by atoms with Gasteiger partial charge >= 0.3 is 0 Å². The number of carbonyl (C=O) groups excluding carboxylic acids is 1. The Morgan fingerprint density at radius 2 is 2.17 bits per heavy atom. The minimum atomic E-state index is -0.512. The van der Waals surface area contributed by atoms with Crippen molar-refractivity contribution in [2.75, 3.05) is 0 Å². The molecule has 2 N–H and O–H groups in total. The van der Waals surface area contributed by atoms with E-state index in [9.17, 15) is 9.90 Å². The summed E-state index contributed by atoms with van der Waals surface area (Å²) in [6.07, 6.45) is 6.92. The second-order valence-corrected chi connectivity index (χ2v) is 6.25. The van der Waals surface area contributed by atoms with Crippen molar-refractivity contribution in [1.82, 2.24) is 29.7 Å². The fraction of sp³-hybridized carbons (Fsp3) is 0.375. The third-order valence-corrected chi connectivity index (χ3v) is 4.47. The summed E-state index contributed by atoms with van der Waals surface area (Å²) in [6, 6.07) is 1.37. The second kappa shape index (κ2) is 5.41. The van der Waals surface area contributed by atoms with E-state index in [1.165, 1.54) is 0 Å². The van der Waals surface area contributed by atoms with Crippen molar-refractivity contribution in [2.45, 2.75) is 38.5 Å². The lowest BCUT2D eigenvalue weighted by Gasteiger charge is -2.41. The summed E-state index contributed by atoms with van der Waals surface area (Å²) in [5.41, 5.74) is 2.84. The van der Waals surface area contributed by atoms with Gasteiger partial charge in [0.15, 0.2) is 5.65 Å². The standard InChI is InChI=1S/C16H18N6O2/c1-9-6-18-22(7-9)15-12(5-13(15)23)20-16(24)11-8-21-14(3-4-17-21)19-10(11)2/h3-4,6-8,12-13,15,23H,5H2,1-2H3,(H,20,24)/t12-,13+,15+/m0/s1. The molecule has 1 amide bonds. The predicted octanol–water partition coefficient (Wildman–Crippen LogP) is 0.647. The van der Waals surface area contributed by atoms with Crippen molar-refractivity contribution < 1.29 is 9.90 Å². The van der Waals surface area contributed by atoms with E-state index >= 15 is 0 Å². The van der Waals surface area contributed by atoms with Gasteiger partial charge in [-0.1, -0.05) is 0 Å². The summed E-state index contributed by atoms with van der Waals surface area (Å²) in [6.45, 7) is 3.74. The van der Waals surface area contributed by atoms with Crippen LogP contribution in [0.25, 0.3) is 5.65 Å². The van der Waals surface area contributed by atoms with Gasteiger partial charge in [-0.2, -0.15) is 10.2 Å². The van der Waals surface area contributed by atoms with E-state index < -0.39 is 6.10 Å². The Kier molecular flexibility index (Phi) is 3.34. The molecule has 4 rings (SSSR count). The smallest absolute Gasteiger partial charge is 0.254 e. The Bertz CT molecular complexity index is 914. The average molecular weight is 326 g/mol. The SMILES string of the molecule is Cc1cnn([C@H]2[C@H](O)C[C@@H]2NC(=O)c2cn3nccc3nc2C)c1. The van der Waals surface area contributed by atoms with E-state index in [1.807, 2.05) is 13.1 Å². The molecule has 0 saturated heterocycles. The van der Waals surface area contributed by atoms with Gasteiger partial charge in [0.05, 0.1) is 41.8 Å². The first kappa shape index (κ1) is 14.8. The number of aliphatic hydroxyl groups excluding tert-OH is 1. The van der Waals surface area contributed by atoms with Crippen molar-refractivity contribution >= 4 is 11.6 Å². The average Bonchev–Trinajstić information content (AvgIpc) is 3.14. The van der Waals surface area contributed by atoms with Crippen LogP contribution in [0.3, 0.4) is 0 Å². The summed E-state index contributed by atoms with van der Waals surface area (Å²) in [7, 11) is 0. The minimum absolute atomic E-state index is 0.167. The zero-order valence-electron chi connectivity index (χ0n) is 13.4. The molecule has 8 heteroatoms. The molecule has 8 nitrogen and oxygen atoms in total. The maximum Gasteiger partial charge on any atom is 0.254 e. The predicted molar refractivity (Wildman–Crippen MR) is 85.6 cm³/mol. The van der Waals surface area contributed by atoms with E-state index in [0.29, 0.717) is 23.3 Å². The van der Waals surface area contributed by atoms with Crippen LogP contribution in [0.4, 0.5) is 0 Å². The van der Waals surface area contributed by atoms with Gasteiger partial charge in [0.1, 0.15) is 0 Å². The first-order valence-corrected chi connectivity index (χ1v) is 7.83. The van der Waals surface area contributed by atoms with E-state index in [-0.39, 0.29) is 18.0 Å². The molecule has 3 atom stereocenters. The Balaban J connectivity index is 1.55. The first-order chi connectivity index (χ1) is 11.5. The minimum Gasteiger partial charge on any atom is -0.391 e. The van der Waals surface area contributed by atoms with Crippen LogP contribution in [0.1, 0.15) is 34.1 Å². The maximum atomic E-state index is 12.6. The van der Waals surface area contributed by atoms with Gasteiger partial charge < -0.3 is 10.4 Å². The van der Waals surface area contributed by atoms with E-state index in [2.05, 4.69) is 20.5 Å². The van der Waals surface area contributed by atoms with Gasteiger partial charge in [-0.25, -0.2) is 9.50 Å². The number of nitrogens with one attached hydrogen (secondary N) is 1. The Morgan fingerprint density at radius 3 is 2.88 bits per heavy atom. The highest BCUT2D eigenvalue weighted by molar-refractivity contribution is 5.95. The fourth-order valence-electron chi connectivity index (χ4n) is 3.12. The van der Waals surface area contributed by atoms with Crippen molar-refractivity contribution in [3.05, 3.63) is 47.7 Å². The number of nitrogens with zero attached hydrogens (tertiary/aromatic N) is 5. The normalized spacial score (nSPS) is 23.2. The van der Waals surface area contributed by atoms with Crippen molar-refractivity contribution in [3.8, 4) is 0 Å². The number of rotatable bonds is 3. The lowest BCUT2D eigenvalue weighted by molar-refractivity contribution is -0.00592. The third kappa shape index (κ3) is 2.35. The lowest BCUT2D eigenvalue weighted by Crippen LogP contribution is -2.56. The first-order valence-electron chi connectivity index (χ1n) is 7.83. The highest BCUT2D eigenvalue weighted by Gasteiger charge is 2.43. The quantitative estimate of drug-likeness (QED) is 0.736. The van der Waals surface area contributed by atoms with Gasteiger partial charge in [0, 0.05) is 18.5 Å². The van der Waals surface area contributed by atoms with Gasteiger partial charge in [-0.3, -0.25) is 9.48 Å². The molecule has 3 aromatic rings.